The number of aryl methyl sites for hydroxylation is 2. The standard InChI is InChI=1S/C12H12N4/c13-8-11-9-16(15-12(11)14)7-6-10-4-2-1-3-5-10/h1-5,9H,6-7H2,(H2,14,15). The highest BCUT2D eigenvalue weighted by Gasteiger charge is 2.03. The number of hydrogen-bond acceptors (Lipinski definition) is 3. The summed E-state index contributed by atoms with van der Waals surface area (Å²) in [6.07, 6.45) is 2.56. The molecule has 0 atom stereocenters. The minimum Gasteiger partial charge on any atom is -0.381 e. The van der Waals surface area contributed by atoms with Gasteiger partial charge in [-0.25, -0.2) is 0 Å². The molecule has 80 valence electrons. The first kappa shape index (κ1) is 10.2. The van der Waals surface area contributed by atoms with E-state index in [9.17, 15) is 0 Å². The molecule has 0 saturated carbocycles. The van der Waals surface area contributed by atoms with Crippen LogP contribution in [-0.2, 0) is 13.0 Å². The highest BCUT2D eigenvalue weighted by molar-refractivity contribution is 5.46. The van der Waals surface area contributed by atoms with E-state index in [0.717, 1.165) is 13.0 Å². The Labute approximate surface area is 93.9 Å². The number of nitrogens with two attached hydrogens (primary N) is 1. The minimum atomic E-state index is 0.301. The summed E-state index contributed by atoms with van der Waals surface area (Å²) < 4.78 is 1.71. The van der Waals surface area contributed by atoms with Gasteiger partial charge in [-0.1, -0.05) is 30.3 Å². The number of anilines is 1. The van der Waals surface area contributed by atoms with Gasteiger partial charge in [-0.3, -0.25) is 4.68 Å². The van der Waals surface area contributed by atoms with Gasteiger partial charge in [-0.15, -0.1) is 0 Å². The van der Waals surface area contributed by atoms with Crippen molar-refractivity contribution < 1.29 is 0 Å². The maximum Gasteiger partial charge on any atom is 0.163 e. The molecule has 0 aliphatic heterocycles. The van der Waals surface area contributed by atoms with Crippen molar-refractivity contribution >= 4 is 5.82 Å². The molecule has 0 saturated heterocycles. The fraction of sp³-hybridized carbons (Fsp3) is 0.167. The van der Waals surface area contributed by atoms with Crippen molar-refractivity contribution in [2.24, 2.45) is 0 Å². The van der Waals surface area contributed by atoms with Gasteiger partial charge in [0.2, 0.25) is 0 Å². The van der Waals surface area contributed by atoms with Gasteiger partial charge in [-0.05, 0) is 12.0 Å². The minimum absolute atomic E-state index is 0.301. The second-order valence-electron chi connectivity index (χ2n) is 3.54. The van der Waals surface area contributed by atoms with Crippen LogP contribution in [0.15, 0.2) is 36.5 Å². The highest BCUT2D eigenvalue weighted by Crippen LogP contribution is 2.08. The van der Waals surface area contributed by atoms with Crippen LogP contribution in [0.2, 0.25) is 0 Å². The van der Waals surface area contributed by atoms with Gasteiger partial charge in [0, 0.05) is 12.7 Å². The molecule has 2 rings (SSSR count). The summed E-state index contributed by atoms with van der Waals surface area (Å²) >= 11 is 0. The van der Waals surface area contributed by atoms with Crippen LogP contribution >= 0.6 is 0 Å². The molecule has 0 unspecified atom stereocenters. The van der Waals surface area contributed by atoms with E-state index < -0.39 is 0 Å². The molecule has 1 heterocycles. The quantitative estimate of drug-likeness (QED) is 0.839. The van der Waals surface area contributed by atoms with Crippen LogP contribution in [0.3, 0.4) is 0 Å². The first-order valence-corrected chi connectivity index (χ1v) is 5.06. The fourth-order valence-corrected chi connectivity index (χ4v) is 1.53. The van der Waals surface area contributed by atoms with E-state index in [4.69, 9.17) is 11.0 Å². The lowest BCUT2D eigenvalue weighted by molar-refractivity contribution is 0.617. The SMILES string of the molecule is N#Cc1cn(CCc2ccccc2)nc1N. The van der Waals surface area contributed by atoms with Crippen LogP contribution in [0.1, 0.15) is 11.1 Å². The molecule has 0 bridgehead atoms. The lowest BCUT2D eigenvalue weighted by Gasteiger charge is -2.01. The Hall–Kier alpha value is -2.28. The van der Waals surface area contributed by atoms with Crippen LogP contribution in [0.4, 0.5) is 5.82 Å². The molecule has 1 aromatic heterocycles. The Morgan fingerprint density at radius 1 is 1.31 bits per heavy atom. The van der Waals surface area contributed by atoms with Crippen LogP contribution in [-0.4, -0.2) is 9.78 Å². The van der Waals surface area contributed by atoms with Gasteiger partial charge in [0.15, 0.2) is 5.82 Å². The summed E-state index contributed by atoms with van der Waals surface area (Å²) in [6, 6.07) is 12.1. The van der Waals surface area contributed by atoms with E-state index in [1.807, 2.05) is 24.3 Å². The van der Waals surface area contributed by atoms with Gasteiger partial charge in [0.05, 0.1) is 0 Å². The summed E-state index contributed by atoms with van der Waals surface area (Å²) in [7, 11) is 0. The molecule has 4 nitrogen and oxygen atoms in total. The van der Waals surface area contributed by atoms with Crippen LogP contribution < -0.4 is 5.73 Å². The average molecular weight is 212 g/mol. The number of hydrogen-bond donors (Lipinski definition) is 1. The Kier molecular flexibility index (Phi) is 2.88. The maximum absolute atomic E-state index is 8.73. The van der Waals surface area contributed by atoms with E-state index in [-0.39, 0.29) is 0 Å². The van der Waals surface area contributed by atoms with Crippen molar-refractivity contribution in [2.45, 2.75) is 13.0 Å². The summed E-state index contributed by atoms with van der Waals surface area (Å²) in [6.45, 7) is 0.732. The molecule has 2 N–H and O–H groups in total. The molecule has 4 heteroatoms. The summed E-state index contributed by atoms with van der Waals surface area (Å²) in [5.41, 5.74) is 7.25. The third-order valence-corrected chi connectivity index (χ3v) is 2.38. The van der Waals surface area contributed by atoms with Crippen LogP contribution in [0.25, 0.3) is 0 Å². The molecule has 0 aliphatic rings. The highest BCUT2D eigenvalue weighted by atomic mass is 15.3. The molecule has 0 fully saturated rings. The van der Waals surface area contributed by atoms with Crippen molar-refractivity contribution in [1.29, 1.82) is 5.26 Å². The zero-order valence-electron chi connectivity index (χ0n) is 8.80. The van der Waals surface area contributed by atoms with Crippen molar-refractivity contribution in [3.05, 3.63) is 47.7 Å². The number of nitriles is 1. The predicted octanol–water partition coefficient (Wildman–Crippen LogP) is 1.58. The van der Waals surface area contributed by atoms with Crippen LogP contribution in [0, 0.1) is 11.3 Å². The molecule has 0 spiro atoms. The fourth-order valence-electron chi connectivity index (χ4n) is 1.53. The number of aromatic nitrogens is 2. The van der Waals surface area contributed by atoms with Crippen molar-refractivity contribution in [3.63, 3.8) is 0 Å². The van der Waals surface area contributed by atoms with Gasteiger partial charge in [0.25, 0.3) is 0 Å². The third kappa shape index (κ3) is 2.20. The number of rotatable bonds is 3. The zero-order valence-corrected chi connectivity index (χ0v) is 8.80. The topological polar surface area (TPSA) is 67.6 Å². The molecule has 1 aromatic carbocycles. The van der Waals surface area contributed by atoms with Crippen molar-refractivity contribution in [3.8, 4) is 6.07 Å². The largest absolute Gasteiger partial charge is 0.381 e. The lowest BCUT2D eigenvalue weighted by Crippen LogP contribution is -2.02. The molecular formula is C12H12N4. The molecule has 0 radical (unpaired) electrons. The second-order valence-corrected chi connectivity index (χ2v) is 3.54. The molecule has 0 amide bonds. The predicted molar refractivity (Wildman–Crippen MR) is 61.5 cm³/mol. The Balaban J connectivity index is 2.03. The number of benzene rings is 1. The van der Waals surface area contributed by atoms with E-state index in [0.29, 0.717) is 11.4 Å². The summed E-state index contributed by atoms with van der Waals surface area (Å²) in [5.74, 6) is 0.301. The summed E-state index contributed by atoms with van der Waals surface area (Å²) in [4.78, 5) is 0. The van der Waals surface area contributed by atoms with E-state index in [1.54, 1.807) is 10.9 Å². The smallest absolute Gasteiger partial charge is 0.163 e. The van der Waals surface area contributed by atoms with E-state index >= 15 is 0 Å². The second kappa shape index (κ2) is 4.49. The van der Waals surface area contributed by atoms with Crippen molar-refractivity contribution in [1.82, 2.24) is 9.78 Å². The number of nitrogens with zero attached hydrogens (tertiary/aromatic N) is 3. The molecule has 16 heavy (non-hydrogen) atoms. The van der Waals surface area contributed by atoms with Gasteiger partial charge >= 0.3 is 0 Å². The monoisotopic (exact) mass is 212 g/mol. The van der Waals surface area contributed by atoms with Gasteiger partial charge in [0.1, 0.15) is 11.6 Å². The third-order valence-electron chi connectivity index (χ3n) is 2.38. The first-order valence-electron chi connectivity index (χ1n) is 5.06. The Morgan fingerprint density at radius 3 is 2.69 bits per heavy atom. The molecule has 2 aromatic rings. The normalized spacial score (nSPS) is 9.94. The average Bonchev–Trinajstić information content (AvgIpc) is 2.69. The Morgan fingerprint density at radius 2 is 2.06 bits per heavy atom. The van der Waals surface area contributed by atoms with Gasteiger partial charge in [-0.2, -0.15) is 10.4 Å². The zero-order chi connectivity index (χ0) is 11.4. The molecular weight excluding hydrogens is 200 g/mol. The first-order chi connectivity index (χ1) is 7.79. The maximum atomic E-state index is 8.73. The van der Waals surface area contributed by atoms with E-state index in [1.165, 1.54) is 5.56 Å². The Bertz CT molecular complexity index is 508. The molecule has 0 aliphatic carbocycles. The lowest BCUT2D eigenvalue weighted by atomic mass is 10.1. The van der Waals surface area contributed by atoms with Gasteiger partial charge < -0.3 is 5.73 Å². The van der Waals surface area contributed by atoms with Crippen LogP contribution in [0.5, 0.6) is 0 Å². The number of nitrogen functional groups attached to an aromatic ring is 1. The van der Waals surface area contributed by atoms with E-state index in [2.05, 4.69) is 17.2 Å². The summed E-state index contributed by atoms with van der Waals surface area (Å²) in [5, 5.41) is 12.8. The van der Waals surface area contributed by atoms with Crippen molar-refractivity contribution in [2.75, 3.05) is 5.73 Å².